The van der Waals surface area contributed by atoms with Gasteiger partial charge in [0.25, 0.3) is 5.91 Å². The molecule has 9 nitrogen and oxygen atoms in total. The van der Waals surface area contributed by atoms with Gasteiger partial charge < -0.3 is 26.3 Å². The molecule has 0 atom stereocenters. The molecule has 0 radical (unpaired) electrons. The molecule has 0 spiro atoms. The fraction of sp³-hybridized carbons (Fsp3) is 0.375. The molecule has 214 valence electrons. The Morgan fingerprint density at radius 2 is 1.80 bits per heavy atom. The summed E-state index contributed by atoms with van der Waals surface area (Å²) in [5.41, 5.74) is 10.7. The van der Waals surface area contributed by atoms with E-state index in [0.717, 1.165) is 40.7 Å². The topological polar surface area (TPSA) is 136 Å². The number of rotatable bonds is 14. The summed E-state index contributed by atoms with van der Waals surface area (Å²) in [6.07, 6.45) is 11.8. The van der Waals surface area contributed by atoms with Crippen molar-refractivity contribution in [3.63, 3.8) is 0 Å². The number of benzene rings is 2. The van der Waals surface area contributed by atoms with Crippen molar-refractivity contribution in [3.05, 3.63) is 77.6 Å². The molecule has 0 unspecified atom stereocenters. The number of unbranched alkanes of at least 4 members (excludes halogenated alkanes) is 3. The summed E-state index contributed by atoms with van der Waals surface area (Å²) in [4.78, 5) is 27.5. The predicted molar refractivity (Wildman–Crippen MR) is 165 cm³/mol. The number of carbonyl (C=O) groups excluding carboxylic acids is 1. The number of amidine groups is 1. The van der Waals surface area contributed by atoms with Crippen LogP contribution in [-0.2, 0) is 6.42 Å². The van der Waals surface area contributed by atoms with Gasteiger partial charge in [-0.2, -0.15) is 0 Å². The first-order chi connectivity index (χ1) is 20.1. The van der Waals surface area contributed by atoms with Crippen LogP contribution in [0.4, 0.5) is 5.95 Å². The maximum absolute atomic E-state index is 12.7. The van der Waals surface area contributed by atoms with Crippen LogP contribution in [0, 0.1) is 5.41 Å². The van der Waals surface area contributed by atoms with E-state index in [1.807, 2.05) is 48.5 Å². The molecular formula is C32H40N8O. The number of anilines is 1. The molecule has 41 heavy (non-hydrogen) atoms. The van der Waals surface area contributed by atoms with E-state index in [1.54, 1.807) is 12.4 Å². The number of hydrogen-bond donors (Lipinski definition) is 5. The van der Waals surface area contributed by atoms with E-state index in [0.29, 0.717) is 30.0 Å². The van der Waals surface area contributed by atoms with Gasteiger partial charge in [0.15, 0.2) is 0 Å². The third kappa shape index (κ3) is 7.70. The molecule has 4 aromatic rings. The van der Waals surface area contributed by atoms with Gasteiger partial charge >= 0.3 is 0 Å². The molecule has 0 bridgehead atoms. The number of carbonyl (C=O) groups is 1. The Morgan fingerprint density at radius 3 is 2.61 bits per heavy atom. The van der Waals surface area contributed by atoms with Gasteiger partial charge in [-0.15, -0.1) is 0 Å². The van der Waals surface area contributed by atoms with E-state index < -0.39 is 0 Å². The van der Waals surface area contributed by atoms with Crippen LogP contribution < -0.4 is 16.4 Å². The molecule has 1 amide bonds. The molecule has 3 heterocycles. The number of nitrogens with zero attached hydrogens (tertiary/aromatic N) is 3. The van der Waals surface area contributed by atoms with Gasteiger partial charge in [-0.3, -0.25) is 10.2 Å². The zero-order valence-corrected chi connectivity index (χ0v) is 23.6. The lowest BCUT2D eigenvalue weighted by molar-refractivity contribution is 0.0954. The lowest BCUT2D eigenvalue weighted by atomic mass is 10.1. The summed E-state index contributed by atoms with van der Waals surface area (Å²) in [6, 6.07) is 15.4. The van der Waals surface area contributed by atoms with Crippen molar-refractivity contribution in [1.82, 2.24) is 25.2 Å². The number of amides is 1. The maximum atomic E-state index is 12.7. The van der Waals surface area contributed by atoms with Gasteiger partial charge in [-0.1, -0.05) is 31.0 Å². The largest absolute Gasteiger partial charge is 0.384 e. The van der Waals surface area contributed by atoms with Crippen molar-refractivity contribution >= 4 is 28.6 Å². The molecule has 1 fully saturated rings. The van der Waals surface area contributed by atoms with Gasteiger partial charge in [-0.05, 0) is 87.6 Å². The molecule has 1 aliphatic heterocycles. The van der Waals surface area contributed by atoms with Gasteiger partial charge in [0, 0.05) is 53.1 Å². The minimum atomic E-state index is -0.117. The molecule has 2 aromatic heterocycles. The minimum Gasteiger partial charge on any atom is -0.384 e. The summed E-state index contributed by atoms with van der Waals surface area (Å²) < 4.78 is 0. The van der Waals surface area contributed by atoms with Crippen LogP contribution in [0.2, 0.25) is 0 Å². The summed E-state index contributed by atoms with van der Waals surface area (Å²) in [5, 5.41) is 15.0. The second-order valence-electron chi connectivity index (χ2n) is 10.7. The van der Waals surface area contributed by atoms with Gasteiger partial charge in [0.05, 0.1) is 5.69 Å². The fourth-order valence-corrected chi connectivity index (χ4v) is 5.39. The average Bonchev–Trinajstić information content (AvgIpc) is 3.67. The quantitative estimate of drug-likeness (QED) is 0.0853. The van der Waals surface area contributed by atoms with Gasteiger partial charge in [-0.25, -0.2) is 9.97 Å². The number of hydrogen-bond acceptors (Lipinski definition) is 6. The lowest BCUT2D eigenvalue weighted by Gasteiger charge is -2.13. The molecule has 6 N–H and O–H groups in total. The SMILES string of the molecule is N=C(N)c1c[nH]c2ccc(CCNC(=O)c3ccc(-c4ccnc(NCCCCCCN5CCCC5)n4)cc3)cc12. The Morgan fingerprint density at radius 1 is 1.00 bits per heavy atom. The van der Waals surface area contributed by atoms with Crippen LogP contribution in [0.25, 0.3) is 22.2 Å². The van der Waals surface area contributed by atoms with Crippen molar-refractivity contribution in [3.8, 4) is 11.3 Å². The third-order valence-corrected chi connectivity index (χ3v) is 7.72. The van der Waals surface area contributed by atoms with Crippen LogP contribution in [-0.4, -0.2) is 64.3 Å². The van der Waals surface area contributed by atoms with Gasteiger partial charge in [0.1, 0.15) is 5.84 Å². The summed E-state index contributed by atoms with van der Waals surface area (Å²) in [6.45, 7) is 5.18. The molecular weight excluding hydrogens is 512 g/mol. The lowest BCUT2D eigenvalue weighted by Crippen LogP contribution is -2.25. The summed E-state index contributed by atoms with van der Waals surface area (Å²) >= 11 is 0. The number of nitrogens with two attached hydrogens (primary N) is 1. The number of fused-ring (bicyclic) bond motifs is 1. The van der Waals surface area contributed by atoms with E-state index in [9.17, 15) is 4.79 Å². The predicted octanol–water partition coefficient (Wildman–Crippen LogP) is 4.95. The highest BCUT2D eigenvalue weighted by Crippen LogP contribution is 2.21. The van der Waals surface area contributed by atoms with Crippen molar-refractivity contribution in [1.29, 1.82) is 5.41 Å². The van der Waals surface area contributed by atoms with E-state index in [2.05, 4.69) is 30.5 Å². The number of H-pyrrole nitrogens is 1. The highest BCUT2D eigenvalue weighted by atomic mass is 16.1. The van der Waals surface area contributed by atoms with Crippen molar-refractivity contribution in [2.24, 2.45) is 5.73 Å². The number of nitrogen functional groups attached to an aromatic ring is 1. The standard InChI is InChI=1S/C32H40N8O/c33-30(34)27-22-38-29-12-7-23(21-26(27)29)13-16-35-31(41)25-10-8-24(9-11-25)28-14-17-37-32(39-28)36-15-3-1-2-4-18-40-19-5-6-20-40/h7-12,14,17,21-22,38H,1-6,13,15-16,18-20H2,(H3,33,34)(H,35,41)(H,36,37,39). The second kappa shape index (κ2) is 13.9. The Labute approximate surface area is 241 Å². The van der Waals surface area contributed by atoms with Crippen molar-refractivity contribution in [2.45, 2.75) is 44.9 Å². The van der Waals surface area contributed by atoms with Crippen molar-refractivity contribution in [2.75, 3.05) is 38.0 Å². The second-order valence-corrected chi connectivity index (χ2v) is 10.7. The Bertz CT molecular complexity index is 1460. The van der Waals surface area contributed by atoms with E-state index >= 15 is 0 Å². The van der Waals surface area contributed by atoms with E-state index in [-0.39, 0.29) is 11.7 Å². The normalized spacial score (nSPS) is 13.5. The van der Waals surface area contributed by atoms with E-state index in [1.165, 1.54) is 51.7 Å². The molecule has 0 saturated carbocycles. The Hall–Kier alpha value is -4.24. The van der Waals surface area contributed by atoms with E-state index in [4.69, 9.17) is 11.1 Å². The number of nitrogens with one attached hydrogen (secondary N) is 4. The number of aromatic amines is 1. The number of likely N-dealkylation sites (tertiary alicyclic amines) is 1. The third-order valence-electron chi connectivity index (χ3n) is 7.72. The zero-order chi connectivity index (χ0) is 28.4. The minimum absolute atomic E-state index is 0.0357. The monoisotopic (exact) mass is 552 g/mol. The summed E-state index contributed by atoms with van der Waals surface area (Å²) in [5.74, 6) is 0.553. The molecule has 1 aliphatic rings. The summed E-state index contributed by atoms with van der Waals surface area (Å²) in [7, 11) is 0. The molecule has 5 rings (SSSR count). The smallest absolute Gasteiger partial charge is 0.251 e. The van der Waals surface area contributed by atoms with Crippen LogP contribution in [0.3, 0.4) is 0 Å². The molecule has 2 aromatic carbocycles. The van der Waals surface area contributed by atoms with Gasteiger partial charge in [0.2, 0.25) is 5.95 Å². The van der Waals surface area contributed by atoms with Crippen molar-refractivity contribution < 1.29 is 4.79 Å². The average molecular weight is 553 g/mol. The fourth-order valence-electron chi connectivity index (χ4n) is 5.39. The first kappa shape index (κ1) is 28.3. The highest BCUT2D eigenvalue weighted by molar-refractivity contribution is 6.07. The van der Waals surface area contributed by atoms with Crippen LogP contribution in [0.1, 0.15) is 60.0 Å². The van der Waals surface area contributed by atoms with Crippen LogP contribution >= 0.6 is 0 Å². The Balaban J connectivity index is 1.05. The van der Waals surface area contributed by atoms with Crippen LogP contribution in [0.5, 0.6) is 0 Å². The zero-order valence-electron chi connectivity index (χ0n) is 23.6. The Kier molecular flexibility index (Phi) is 9.59. The number of aromatic nitrogens is 3. The first-order valence-corrected chi connectivity index (χ1v) is 14.7. The molecule has 1 saturated heterocycles. The first-order valence-electron chi connectivity index (χ1n) is 14.7. The highest BCUT2D eigenvalue weighted by Gasteiger charge is 2.11. The maximum Gasteiger partial charge on any atom is 0.251 e. The molecule has 9 heteroatoms. The molecule has 0 aliphatic carbocycles. The van der Waals surface area contributed by atoms with Crippen LogP contribution in [0.15, 0.2) is 60.9 Å².